The highest BCUT2D eigenvalue weighted by atomic mass is 32.2. The lowest BCUT2D eigenvalue weighted by Crippen LogP contribution is -2.16. The number of esters is 1. The molecule has 0 spiro atoms. The Labute approximate surface area is 193 Å². The number of aryl methyl sites for hydroxylation is 1. The number of thiophene rings is 1. The molecule has 11 heteroatoms. The molecular formula is C21H24N6O3S2. The van der Waals surface area contributed by atoms with Crippen LogP contribution in [0.4, 0.5) is 5.00 Å². The first-order valence-electron chi connectivity index (χ1n) is 10.4. The number of fused-ring (bicyclic) bond motifs is 1. The molecule has 4 rings (SSSR count). The fraction of sp³-hybridized carbons (Fsp3) is 0.381. The van der Waals surface area contributed by atoms with E-state index in [1.165, 1.54) is 32.7 Å². The van der Waals surface area contributed by atoms with Crippen LogP contribution in [0, 0.1) is 0 Å². The summed E-state index contributed by atoms with van der Waals surface area (Å²) >= 11 is 2.83. The van der Waals surface area contributed by atoms with Gasteiger partial charge < -0.3 is 15.9 Å². The summed E-state index contributed by atoms with van der Waals surface area (Å²) in [7, 11) is 0. The molecule has 1 amide bonds. The molecule has 32 heavy (non-hydrogen) atoms. The lowest BCUT2D eigenvalue weighted by Gasteiger charge is -2.12. The number of anilines is 1. The predicted octanol–water partition coefficient (Wildman–Crippen LogP) is 3.29. The van der Waals surface area contributed by atoms with E-state index in [9.17, 15) is 9.59 Å². The minimum absolute atomic E-state index is 0.168. The number of nitrogen functional groups attached to an aromatic ring is 1. The number of nitrogens with one attached hydrogen (secondary N) is 1. The fourth-order valence-corrected chi connectivity index (χ4v) is 5.66. The van der Waals surface area contributed by atoms with E-state index >= 15 is 0 Å². The lowest BCUT2D eigenvalue weighted by molar-refractivity contribution is -0.115. The number of hydrogen-bond acceptors (Lipinski definition) is 9. The van der Waals surface area contributed by atoms with Gasteiger partial charge >= 0.3 is 5.97 Å². The Morgan fingerprint density at radius 1 is 1.25 bits per heavy atom. The number of nitrogens with two attached hydrogens (primary N) is 1. The quantitative estimate of drug-likeness (QED) is 0.291. The Morgan fingerprint density at radius 3 is 2.81 bits per heavy atom. The van der Waals surface area contributed by atoms with Crippen molar-refractivity contribution in [2.75, 3.05) is 23.5 Å². The zero-order chi connectivity index (χ0) is 22.5. The van der Waals surface area contributed by atoms with Crippen molar-refractivity contribution < 1.29 is 14.3 Å². The van der Waals surface area contributed by atoms with Gasteiger partial charge in [0.05, 0.1) is 12.2 Å². The van der Waals surface area contributed by atoms with Gasteiger partial charge in [0, 0.05) is 35.0 Å². The molecule has 3 aromatic heterocycles. The Bertz CT molecular complexity index is 1110. The van der Waals surface area contributed by atoms with Crippen LogP contribution < -0.4 is 11.2 Å². The normalized spacial score (nSPS) is 12.9. The van der Waals surface area contributed by atoms with Crippen molar-refractivity contribution in [1.82, 2.24) is 19.9 Å². The molecule has 9 nitrogen and oxygen atoms in total. The Hall–Kier alpha value is -2.92. The maximum atomic E-state index is 12.6. The summed E-state index contributed by atoms with van der Waals surface area (Å²) in [5, 5.41) is 12.3. The van der Waals surface area contributed by atoms with E-state index in [-0.39, 0.29) is 18.3 Å². The minimum Gasteiger partial charge on any atom is -0.462 e. The van der Waals surface area contributed by atoms with Gasteiger partial charge in [-0.05, 0) is 50.3 Å². The van der Waals surface area contributed by atoms with Crippen LogP contribution in [-0.2, 0) is 22.4 Å². The summed E-state index contributed by atoms with van der Waals surface area (Å²) < 4.78 is 6.65. The minimum atomic E-state index is -0.364. The van der Waals surface area contributed by atoms with Gasteiger partial charge in [-0.3, -0.25) is 9.78 Å². The second-order valence-corrected chi connectivity index (χ2v) is 9.36. The molecule has 0 saturated heterocycles. The van der Waals surface area contributed by atoms with Gasteiger partial charge in [-0.2, -0.15) is 0 Å². The van der Waals surface area contributed by atoms with E-state index in [1.54, 1.807) is 31.5 Å². The smallest absolute Gasteiger partial charge is 0.341 e. The van der Waals surface area contributed by atoms with Crippen LogP contribution in [0.5, 0.6) is 0 Å². The van der Waals surface area contributed by atoms with E-state index in [2.05, 4.69) is 20.5 Å². The van der Waals surface area contributed by atoms with Gasteiger partial charge in [0.2, 0.25) is 11.1 Å². The van der Waals surface area contributed by atoms with Gasteiger partial charge in [-0.25, -0.2) is 9.47 Å². The highest BCUT2D eigenvalue weighted by Crippen LogP contribution is 2.38. The second-order valence-electron chi connectivity index (χ2n) is 7.19. The first-order chi connectivity index (χ1) is 15.6. The Morgan fingerprint density at radius 2 is 2.03 bits per heavy atom. The van der Waals surface area contributed by atoms with Gasteiger partial charge in [-0.1, -0.05) is 11.8 Å². The summed E-state index contributed by atoms with van der Waals surface area (Å²) in [6.45, 7) is 2.08. The molecule has 0 fully saturated rings. The molecule has 1 aliphatic carbocycles. The molecule has 0 bridgehead atoms. The number of rotatable bonds is 8. The number of nitrogens with zero attached hydrogens (tertiary/aromatic N) is 4. The number of carbonyl (C=O) groups excluding carboxylic acids is 2. The van der Waals surface area contributed by atoms with Crippen molar-refractivity contribution in [3.8, 4) is 11.4 Å². The summed E-state index contributed by atoms with van der Waals surface area (Å²) in [6, 6.07) is 3.61. The maximum Gasteiger partial charge on any atom is 0.341 e. The third kappa shape index (κ3) is 4.78. The number of ether oxygens (including phenoxy) is 1. The molecule has 0 unspecified atom stereocenters. The average Bonchev–Trinajstić information content (AvgIpc) is 3.34. The predicted molar refractivity (Wildman–Crippen MR) is 124 cm³/mol. The van der Waals surface area contributed by atoms with Crippen LogP contribution in [-0.4, -0.2) is 44.1 Å². The van der Waals surface area contributed by atoms with Crippen molar-refractivity contribution in [2.45, 2.75) is 44.2 Å². The first kappa shape index (κ1) is 22.3. The van der Waals surface area contributed by atoms with E-state index in [0.717, 1.165) is 36.8 Å². The van der Waals surface area contributed by atoms with Crippen molar-refractivity contribution >= 4 is 40.0 Å². The van der Waals surface area contributed by atoms with Crippen molar-refractivity contribution in [3.05, 3.63) is 40.5 Å². The van der Waals surface area contributed by atoms with E-state index in [1.807, 2.05) is 0 Å². The monoisotopic (exact) mass is 472 g/mol. The molecule has 0 atom stereocenters. The number of amides is 1. The highest BCUT2D eigenvalue weighted by molar-refractivity contribution is 7.99. The topological polar surface area (TPSA) is 125 Å². The van der Waals surface area contributed by atoms with E-state index < -0.39 is 0 Å². The summed E-state index contributed by atoms with van der Waals surface area (Å²) in [6.07, 6.45) is 7.49. The lowest BCUT2D eigenvalue weighted by atomic mass is 9.95. The molecule has 168 valence electrons. The number of pyridine rings is 1. The molecule has 0 radical (unpaired) electrons. The van der Waals surface area contributed by atoms with Crippen LogP contribution in [0.15, 0.2) is 29.7 Å². The van der Waals surface area contributed by atoms with Crippen LogP contribution in [0.3, 0.4) is 0 Å². The average molecular weight is 473 g/mol. The Kier molecular flexibility index (Phi) is 7.05. The SMILES string of the molecule is CCOC(=O)c1c(NC(=O)CCSc2nnc(-c3ccncc3)n2N)sc2c1CCCC2. The van der Waals surface area contributed by atoms with Crippen LogP contribution in [0.2, 0.25) is 0 Å². The molecule has 3 heterocycles. The van der Waals surface area contributed by atoms with Crippen LogP contribution in [0.25, 0.3) is 11.4 Å². The molecule has 0 aromatic carbocycles. The largest absolute Gasteiger partial charge is 0.462 e. The second kappa shape index (κ2) is 10.1. The van der Waals surface area contributed by atoms with Crippen molar-refractivity contribution in [2.24, 2.45) is 0 Å². The molecule has 3 aromatic rings. The molecule has 3 N–H and O–H groups in total. The van der Waals surface area contributed by atoms with E-state index in [4.69, 9.17) is 10.6 Å². The number of aromatic nitrogens is 4. The third-order valence-electron chi connectivity index (χ3n) is 5.07. The maximum absolute atomic E-state index is 12.6. The van der Waals surface area contributed by atoms with Crippen molar-refractivity contribution in [1.29, 1.82) is 0 Å². The fourth-order valence-electron chi connectivity index (χ4n) is 3.57. The summed E-state index contributed by atoms with van der Waals surface area (Å²) in [4.78, 5) is 30.3. The van der Waals surface area contributed by atoms with Crippen LogP contribution >= 0.6 is 23.1 Å². The molecular weight excluding hydrogens is 448 g/mol. The summed E-state index contributed by atoms with van der Waals surface area (Å²) in [5.41, 5.74) is 2.37. The zero-order valence-electron chi connectivity index (χ0n) is 17.7. The van der Waals surface area contributed by atoms with Crippen LogP contribution in [0.1, 0.15) is 47.0 Å². The summed E-state index contributed by atoms with van der Waals surface area (Å²) in [5.74, 6) is 6.58. The van der Waals surface area contributed by atoms with Gasteiger partial charge in [0.1, 0.15) is 5.00 Å². The third-order valence-corrected chi connectivity index (χ3v) is 7.22. The number of thioether (sulfide) groups is 1. The number of hydrogen-bond donors (Lipinski definition) is 2. The molecule has 0 aliphatic heterocycles. The first-order valence-corrected chi connectivity index (χ1v) is 12.2. The van der Waals surface area contributed by atoms with Crippen molar-refractivity contribution in [3.63, 3.8) is 0 Å². The molecule has 0 saturated carbocycles. The highest BCUT2D eigenvalue weighted by Gasteiger charge is 2.27. The van der Waals surface area contributed by atoms with Gasteiger partial charge in [-0.15, -0.1) is 21.5 Å². The van der Waals surface area contributed by atoms with Gasteiger partial charge in [0.15, 0.2) is 5.82 Å². The standard InChI is InChI=1S/C21H24N6O3S2/c1-2-30-20(29)17-14-5-3-4-6-15(14)32-19(17)24-16(28)9-12-31-21-26-25-18(27(21)22)13-7-10-23-11-8-13/h7-8,10-11H,2-6,9,12,22H2,1H3,(H,24,28). The Balaban J connectivity index is 1.38. The van der Waals surface area contributed by atoms with E-state index in [0.29, 0.717) is 33.9 Å². The number of carbonyl (C=O) groups is 2. The molecule has 1 aliphatic rings. The zero-order valence-corrected chi connectivity index (χ0v) is 19.3. The van der Waals surface area contributed by atoms with Gasteiger partial charge in [0.25, 0.3) is 0 Å².